The molecule has 1 aliphatic rings. The summed E-state index contributed by atoms with van der Waals surface area (Å²) in [6.45, 7) is 11.3. The van der Waals surface area contributed by atoms with Crippen LogP contribution in [0.4, 0.5) is 5.69 Å². The number of amides is 2. The number of benzene rings is 1. The third-order valence-electron chi connectivity index (χ3n) is 4.73. The van der Waals surface area contributed by atoms with Gasteiger partial charge in [0.05, 0.1) is 0 Å². The van der Waals surface area contributed by atoms with E-state index < -0.39 is 5.41 Å². The Bertz CT molecular complexity index is 608. The number of likely N-dealkylation sites (tertiary alicyclic amines) is 1. The average Bonchev–Trinajstić information content (AvgIpc) is 2.54. The molecule has 2 amide bonds. The highest BCUT2D eigenvalue weighted by Gasteiger charge is 2.39. The van der Waals surface area contributed by atoms with Gasteiger partial charge >= 0.3 is 0 Å². The van der Waals surface area contributed by atoms with Crippen LogP contribution in [0.2, 0.25) is 0 Å². The van der Waals surface area contributed by atoms with Crippen LogP contribution in [0.5, 0.6) is 0 Å². The zero-order valence-electron chi connectivity index (χ0n) is 15.6. The van der Waals surface area contributed by atoms with Gasteiger partial charge in [-0.3, -0.25) is 9.59 Å². The highest BCUT2D eigenvalue weighted by molar-refractivity contribution is 6.10. The van der Waals surface area contributed by atoms with Crippen LogP contribution in [-0.4, -0.2) is 29.8 Å². The molecule has 0 unspecified atom stereocenters. The zero-order valence-corrected chi connectivity index (χ0v) is 15.6. The van der Waals surface area contributed by atoms with E-state index in [1.54, 1.807) is 13.8 Å². The van der Waals surface area contributed by atoms with Crippen molar-refractivity contribution in [3.05, 3.63) is 29.8 Å². The maximum Gasteiger partial charge on any atom is 0.239 e. The van der Waals surface area contributed by atoms with E-state index in [-0.39, 0.29) is 17.2 Å². The Morgan fingerprint density at radius 2 is 1.54 bits per heavy atom. The lowest BCUT2D eigenvalue weighted by molar-refractivity contribution is -0.147. The van der Waals surface area contributed by atoms with Gasteiger partial charge in [-0.15, -0.1) is 0 Å². The number of carbonyl (C=O) groups is 2. The van der Waals surface area contributed by atoms with Gasteiger partial charge in [0.1, 0.15) is 5.41 Å². The first kappa shape index (κ1) is 18.5. The van der Waals surface area contributed by atoms with E-state index in [0.717, 1.165) is 43.6 Å². The molecule has 0 aliphatic carbocycles. The summed E-state index contributed by atoms with van der Waals surface area (Å²) in [5, 5.41) is 2.99. The molecule has 4 nitrogen and oxygen atoms in total. The van der Waals surface area contributed by atoms with Crippen LogP contribution in [0.1, 0.15) is 59.4 Å². The molecule has 1 heterocycles. The molecule has 2 rings (SSSR count). The normalized spacial score (nSPS) is 16.0. The second-order valence-corrected chi connectivity index (χ2v) is 8.23. The summed E-state index contributed by atoms with van der Waals surface area (Å²) in [7, 11) is 0. The molecule has 0 spiro atoms. The number of rotatable bonds is 3. The number of nitrogens with zero attached hydrogens (tertiary/aromatic N) is 1. The van der Waals surface area contributed by atoms with Gasteiger partial charge in [-0.25, -0.2) is 0 Å². The van der Waals surface area contributed by atoms with Crippen molar-refractivity contribution in [3.63, 3.8) is 0 Å². The molecule has 132 valence electrons. The van der Waals surface area contributed by atoms with Gasteiger partial charge in [0.15, 0.2) is 0 Å². The van der Waals surface area contributed by atoms with Crippen molar-refractivity contribution < 1.29 is 9.59 Å². The number of carbonyl (C=O) groups excluding carboxylic acids is 2. The molecule has 0 atom stereocenters. The molecular weight excluding hydrogens is 300 g/mol. The monoisotopic (exact) mass is 330 g/mol. The number of nitrogens with one attached hydrogen (secondary N) is 1. The van der Waals surface area contributed by atoms with E-state index in [1.807, 2.05) is 29.2 Å². The first-order valence-corrected chi connectivity index (χ1v) is 8.84. The van der Waals surface area contributed by atoms with Crippen molar-refractivity contribution in [1.82, 2.24) is 4.90 Å². The smallest absolute Gasteiger partial charge is 0.239 e. The largest absolute Gasteiger partial charge is 0.342 e. The molecule has 1 aromatic carbocycles. The van der Waals surface area contributed by atoms with E-state index in [2.05, 4.69) is 26.1 Å². The lowest BCUT2D eigenvalue weighted by Gasteiger charge is -2.34. The van der Waals surface area contributed by atoms with E-state index in [0.29, 0.717) is 0 Å². The third-order valence-corrected chi connectivity index (χ3v) is 4.73. The fourth-order valence-electron chi connectivity index (χ4n) is 3.11. The van der Waals surface area contributed by atoms with Crippen molar-refractivity contribution in [2.75, 3.05) is 18.4 Å². The molecule has 0 bridgehead atoms. The Morgan fingerprint density at radius 1 is 0.958 bits per heavy atom. The first-order valence-electron chi connectivity index (χ1n) is 8.84. The molecule has 1 aromatic rings. The van der Waals surface area contributed by atoms with Crippen molar-refractivity contribution in [2.24, 2.45) is 5.41 Å². The molecule has 0 aromatic heterocycles. The van der Waals surface area contributed by atoms with Crippen LogP contribution in [0.15, 0.2) is 24.3 Å². The van der Waals surface area contributed by atoms with Gasteiger partial charge in [0.2, 0.25) is 11.8 Å². The Morgan fingerprint density at radius 3 is 2.12 bits per heavy atom. The zero-order chi connectivity index (χ0) is 18.0. The molecule has 1 N–H and O–H groups in total. The minimum Gasteiger partial charge on any atom is -0.342 e. The van der Waals surface area contributed by atoms with Crippen LogP contribution >= 0.6 is 0 Å². The predicted octanol–water partition coefficient (Wildman–Crippen LogP) is 3.96. The molecular formula is C20H30N2O2. The first-order chi connectivity index (χ1) is 11.1. The summed E-state index contributed by atoms with van der Waals surface area (Å²) >= 11 is 0. The summed E-state index contributed by atoms with van der Waals surface area (Å²) in [4.78, 5) is 27.5. The average molecular weight is 330 g/mol. The number of piperidine rings is 1. The summed E-state index contributed by atoms with van der Waals surface area (Å²) < 4.78 is 0. The van der Waals surface area contributed by atoms with Crippen LogP contribution < -0.4 is 5.32 Å². The van der Waals surface area contributed by atoms with Crippen LogP contribution in [0.25, 0.3) is 0 Å². The summed E-state index contributed by atoms with van der Waals surface area (Å²) in [5.41, 5.74) is 0.710. The molecule has 1 fully saturated rings. The Hall–Kier alpha value is -1.84. The highest BCUT2D eigenvalue weighted by Crippen LogP contribution is 2.31. The van der Waals surface area contributed by atoms with Crippen molar-refractivity contribution in [1.29, 1.82) is 0 Å². The summed E-state index contributed by atoms with van der Waals surface area (Å²) in [6.07, 6.45) is 3.21. The van der Waals surface area contributed by atoms with Gasteiger partial charge < -0.3 is 10.2 Å². The number of anilines is 1. The highest BCUT2D eigenvalue weighted by atomic mass is 16.2. The van der Waals surface area contributed by atoms with Gasteiger partial charge in [-0.2, -0.15) is 0 Å². The second-order valence-electron chi connectivity index (χ2n) is 8.23. The van der Waals surface area contributed by atoms with Gasteiger partial charge in [-0.1, -0.05) is 39.0 Å². The van der Waals surface area contributed by atoms with Crippen molar-refractivity contribution in [2.45, 2.75) is 59.3 Å². The fraction of sp³-hybridized carbons (Fsp3) is 0.600. The van der Waals surface area contributed by atoms with Crippen molar-refractivity contribution in [3.8, 4) is 0 Å². The molecule has 24 heavy (non-hydrogen) atoms. The number of para-hydroxylation sites is 1. The molecule has 4 heteroatoms. The lowest BCUT2D eigenvalue weighted by atomic mass is 9.85. The van der Waals surface area contributed by atoms with Crippen LogP contribution in [0.3, 0.4) is 0 Å². The number of hydrogen-bond donors (Lipinski definition) is 1. The van der Waals surface area contributed by atoms with Gasteiger partial charge in [0, 0.05) is 18.8 Å². The Kier molecular flexibility index (Phi) is 5.36. The second kappa shape index (κ2) is 6.96. The minimum absolute atomic E-state index is 0.0760. The third kappa shape index (κ3) is 3.97. The van der Waals surface area contributed by atoms with Gasteiger partial charge in [0.25, 0.3) is 0 Å². The SMILES string of the molecule is CC(C)(C(=O)Nc1ccccc1C(C)(C)C)C(=O)N1CCCCC1. The lowest BCUT2D eigenvalue weighted by Crippen LogP contribution is -2.49. The predicted molar refractivity (Wildman–Crippen MR) is 98.0 cm³/mol. The maximum absolute atomic E-state index is 12.8. The molecule has 0 radical (unpaired) electrons. The summed E-state index contributed by atoms with van der Waals surface area (Å²) in [6, 6.07) is 7.81. The van der Waals surface area contributed by atoms with E-state index in [4.69, 9.17) is 0 Å². The van der Waals surface area contributed by atoms with Crippen molar-refractivity contribution >= 4 is 17.5 Å². The molecule has 0 saturated carbocycles. The van der Waals surface area contributed by atoms with Crippen LogP contribution in [-0.2, 0) is 15.0 Å². The standard InChI is InChI=1S/C20H30N2O2/c1-19(2,3)15-11-7-8-12-16(15)21-17(23)20(4,5)18(24)22-13-9-6-10-14-22/h7-8,11-12H,6,9-10,13-14H2,1-5H3,(H,21,23). The van der Waals surface area contributed by atoms with Crippen LogP contribution in [0, 0.1) is 5.41 Å². The molecule has 1 saturated heterocycles. The quantitative estimate of drug-likeness (QED) is 0.853. The minimum atomic E-state index is -1.07. The maximum atomic E-state index is 12.8. The Balaban J connectivity index is 2.18. The summed E-state index contributed by atoms with van der Waals surface area (Å²) in [5.74, 6) is -0.317. The number of hydrogen-bond acceptors (Lipinski definition) is 2. The van der Waals surface area contributed by atoms with E-state index >= 15 is 0 Å². The molecule has 1 aliphatic heterocycles. The van der Waals surface area contributed by atoms with E-state index in [9.17, 15) is 9.59 Å². The fourth-order valence-corrected chi connectivity index (χ4v) is 3.11. The van der Waals surface area contributed by atoms with E-state index in [1.165, 1.54) is 0 Å². The topological polar surface area (TPSA) is 49.4 Å². The Labute approximate surface area is 145 Å². The van der Waals surface area contributed by atoms with Gasteiger partial charge in [-0.05, 0) is 50.2 Å².